The molecule has 1 rings (SSSR count). The van der Waals surface area contributed by atoms with Gasteiger partial charge in [-0.25, -0.2) is 0 Å². The lowest BCUT2D eigenvalue weighted by molar-refractivity contribution is 0.261. The summed E-state index contributed by atoms with van der Waals surface area (Å²) in [6.07, 6.45) is 2.07. The van der Waals surface area contributed by atoms with Crippen molar-refractivity contribution >= 4 is 0 Å². The van der Waals surface area contributed by atoms with E-state index in [9.17, 15) is 0 Å². The summed E-state index contributed by atoms with van der Waals surface area (Å²) < 4.78 is 2.03. The van der Waals surface area contributed by atoms with E-state index in [4.69, 9.17) is 5.11 Å². The lowest BCUT2D eigenvalue weighted by atomic mass is 10.0. The second-order valence-corrected chi connectivity index (χ2v) is 4.37. The van der Waals surface area contributed by atoms with E-state index in [0.717, 1.165) is 18.7 Å². The molecule has 15 heavy (non-hydrogen) atoms. The van der Waals surface area contributed by atoms with Gasteiger partial charge in [0, 0.05) is 12.5 Å². The third kappa shape index (κ3) is 2.78. The fraction of sp³-hybridized carbons (Fsp3) is 0.818. The molecule has 1 aromatic rings. The molecular formula is C11H21N3O. The molecule has 4 heteroatoms. The Kier molecular flexibility index (Phi) is 4.27. The monoisotopic (exact) mass is 211 g/mol. The minimum atomic E-state index is -0.0360. The first kappa shape index (κ1) is 12.2. The minimum Gasteiger partial charge on any atom is -0.388 e. The number of aliphatic hydroxyl groups is 1. The van der Waals surface area contributed by atoms with Crippen LogP contribution >= 0.6 is 0 Å². The van der Waals surface area contributed by atoms with E-state index < -0.39 is 0 Å². The lowest BCUT2D eigenvalue weighted by Gasteiger charge is -2.14. The zero-order chi connectivity index (χ0) is 11.4. The second-order valence-electron chi connectivity index (χ2n) is 4.37. The van der Waals surface area contributed by atoms with Crippen LogP contribution in [0.25, 0.3) is 0 Å². The molecule has 0 radical (unpaired) electrons. The number of nitrogens with zero attached hydrogens (tertiary/aromatic N) is 3. The van der Waals surface area contributed by atoms with Crippen molar-refractivity contribution in [3.63, 3.8) is 0 Å². The first-order valence-electron chi connectivity index (χ1n) is 5.63. The van der Waals surface area contributed by atoms with Gasteiger partial charge in [-0.2, -0.15) is 0 Å². The van der Waals surface area contributed by atoms with Gasteiger partial charge in [0.05, 0.1) is 0 Å². The zero-order valence-corrected chi connectivity index (χ0v) is 10.1. The molecule has 86 valence electrons. The molecule has 0 bridgehead atoms. The largest absolute Gasteiger partial charge is 0.388 e. The number of aliphatic hydroxyl groups excluding tert-OH is 1. The summed E-state index contributed by atoms with van der Waals surface area (Å²) in [5.74, 6) is 2.27. The van der Waals surface area contributed by atoms with E-state index >= 15 is 0 Å². The van der Waals surface area contributed by atoms with E-state index in [1.807, 2.05) is 4.57 Å². The molecular weight excluding hydrogens is 190 g/mol. The quantitative estimate of drug-likeness (QED) is 0.809. The normalized spacial score (nSPS) is 13.5. The van der Waals surface area contributed by atoms with E-state index in [1.165, 1.54) is 0 Å². The third-order valence-corrected chi connectivity index (χ3v) is 2.72. The maximum Gasteiger partial charge on any atom is 0.159 e. The second kappa shape index (κ2) is 5.26. The summed E-state index contributed by atoms with van der Waals surface area (Å²) in [4.78, 5) is 0. The SMILES string of the molecule is CCC(C)Cc1nnc(CO)n1C(C)C. The van der Waals surface area contributed by atoms with E-state index in [-0.39, 0.29) is 6.61 Å². The first-order chi connectivity index (χ1) is 7.10. The van der Waals surface area contributed by atoms with Gasteiger partial charge in [0.1, 0.15) is 12.4 Å². The van der Waals surface area contributed by atoms with Crippen molar-refractivity contribution in [2.75, 3.05) is 0 Å². The van der Waals surface area contributed by atoms with Crippen molar-refractivity contribution in [2.24, 2.45) is 5.92 Å². The Morgan fingerprint density at radius 3 is 2.27 bits per heavy atom. The van der Waals surface area contributed by atoms with Crippen LogP contribution in [0.15, 0.2) is 0 Å². The molecule has 4 nitrogen and oxygen atoms in total. The van der Waals surface area contributed by atoms with Gasteiger partial charge in [-0.1, -0.05) is 20.3 Å². The smallest absolute Gasteiger partial charge is 0.159 e. The topological polar surface area (TPSA) is 50.9 Å². The van der Waals surface area contributed by atoms with Crippen LogP contribution in [0.2, 0.25) is 0 Å². The van der Waals surface area contributed by atoms with Crippen molar-refractivity contribution < 1.29 is 5.11 Å². The molecule has 1 unspecified atom stereocenters. The van der Waals surface area contributed by atoms with Crippen molar-refractivity contribution in [1.29, 1.82) is 0 Å². The Morgan fingerprint density at radius 2 is 1.80 bits per heavy atom. The molecule has 0 fully saturated rings. The van der Waals surface area contributed by atoms with Gasteiger partial charge in [-0.15, -0.1) is 10.2 Å². The van der Waals surface area contributed by atoms with Crippen LogP contribution in [0.3, 0.4) is 0 Å². The average Bonchev–Trinajstić information content (AvgIpc) is 2.60. The Labute approximate surface area is 91.3 Å². The van der Waals surface area contributed by atoms with E-state index in [1.54, 1.807) is 0 Å². The molecule has 0 saturated heterocycles. The summed E-state index contributed by atoms with van der Waals surface area (Å²) in [6, 6.07) is 0.307. The highest BCUT2D eigenvalue weighted by Gasteiger charge is 2.15. The first-order valence-corrected chi connectivity index (χ1v) is 5.63. The lowest BCUT2D eigenvalue weighted by Crippen LogP contribution is -2.12. The van der Waals surface area contributed by atoms with Crippen LogP contribution < -0.4 is 0 Å². The molecule has 0 spiro atoms. The van der Waals surface area contributed by atoms with Gasteiger partial charge >= 0.3 is 0 Å². The van der Waals surface area contributed by atoms with Crippen LogP contribution in [0.4, 0.5) is 0 Å². The Morgan fingerprint density at radius 1 is 1.20 bits per heavy atom. The van der Waals surface area contributed by atoms with Gasteiger partial charge < -0.3 is 9.67 Å². The Bertz CT molecular complexity index is 307. The van der Waals surface area contributed by atoms with Crippen LogP contribution in [0.1, 0.15) is 51.8 Å². The summed E-state index contributed by atoms with van der Waals surface area (Å²) in [6.45, 7) is 8.52. The Balaban J connectivity index is 2.92. The molecule has 1 atom stereocenters. The highest BCUT2D eigenvalue weighted by molar-refractivity contribution is 4.98. The predicted molar refractivity (Wildman–Crippen MR) is 59.5 cm³/mol. The maximum atomic E-state index is 9.15. The summed E-state index contributed by atoms with van der Waals surface area (Å²) in [5.41, 5.74) is 0. The molecule has 0 amide bonds. The molecule has 0 saturated carbocycles. The molecule has 0 aromatic carbocycles. The highest BCUT2D eigenvalue weighted by atomic mass is 16.3. The molecule has 0 aliphatic carbocycles. The summed E-state index contributed by atoms with van der Waals surface area (Å²) in [7, 11) is 0. The number of hydrogen-bond acceptors (Lipinski definition) is 3. The standard InChI is InChI=1S/C11H21N3O/c1-5-9(4)6-10-12-13-11(7-15)14(10)8(2)3/h8-9,15H,5-7H2,1-4H3. The van der Waals surface area contributed by atoms with Gasteiger partial charge in [0.2, 0.25) is 0 Å². The number of rotatable bonds is 5. The summed E-state index contributed by atoms with van der Waals surface area (Å²) in [5, 5.41) is 17.3. The van der Waals surface area contributed by atoms with Crippen LogP contribution in [-0.2, 0) is 13.0 Å². The predicted octanol–water partition coefficient (Wildman–Crippen LogP) is 1.94. The van der Waals surface area contributed by atoms with Crippen molar-refractivity contribution in [3.05, 3.63) is 11.6 Å². The molecule has 1 aromatic heterocycles. The maximum absolute atomic E-state index is 9.15. The average molecular weight is 211 g/mol. The van der Waals surface area contributed by atoms with E-state index in [2.05, 4.69) is 37.9 Å². The van der Waals surface area contributed by atoms with Crippen molar-refractivity contribution in [2.45, 2.75) is 53.2 Å². The van der Waals surface area contributed by atoms with Crippen LogP contribution in [-0.4, -0.2) is 19.9 Å². The number of aromatic nitrogens is 3. The minimum absolute atomic E-state index is 0.0360. The molecule has 1 heterocycles. The van der Waals surface area contributed by atoms with Gasteiger partial charge in [-0.3, -0.25) is 0 Å². The Hall–Kier alpha value is -0.900. The van der Waals surface area contributed by atoms with Gasteiger partial charge in [0.25, 0.3) is 0 Å². The van der Waals surface area contributed by atoms with Crippen LogP contribution in [0, 0.1) is 5.92 Å². The molecule has 0 aliphatic rings. The molecule has 0 aliphatic heterocycles. The zero-order valence-electron chi connectivity index (χ0n) is 10.1. The fourth-order valence-corrected chi connectivity index (χ4v) is 1.66. The third-order valence-electron chi connectivity index (χ3n) is 2.72. The molecule has 1 N–H and O–H groups in total. The van der Waals surface area contributed by atoms with Gasteiger partial charge in [-0.05, 0) is 19.8 Å². The number of hydrogen-bond donors (Lipinski definition) is 1. The van der Waals surface area contributed by atoms with E-state index in [0.29, 0.717) is 17.8 Å². The van der Waals surface area contributed by atoms with Crippen molar-refractivity contribution in [3.8, 4) is 0 Å². The summed E-state index contributed by atoms with van der Waals surface area (Å²) >= 11 is 0. The van der Waals surface area contributed by atoms with Crippen LogP contribution in [0.5, 0.6) is 0 Å². The van der Waals surface area contributed by atoms with Crippen molar-refractivity contribution in [1.82, 2.24) is 14.8 Å². The fourth-order valence-electron chi connectivity index (χ4n) is 1.66. The van der Waals surface area contributed by atoms with Gasteiger partial charge in [0.15, 0.2) is 5.82 Å². The highest BCUT2D eigenvalue weighted by Crippen LogP contribution is 2.16.